The van der Waals surface area contributed by atoms with E-state index in [-0.39, 0.29) is 5.54 Å². The molecule has 0 heterocycles. The van der Waals surface area contributed by atoms with E-state index in [0.717, 1.165) is 12.8 Å². The van der Waals surface area contributed by atoms with Gasteiger partial charge in [0, 0.05) is 5.54 Å². The molecule has 11 heavy (non-hydrogen) atoms. The average Bonchev–Trinajstić information content (AvgIpc) is 1.84. The highest BCUT2D eigenvalue weighted by atomic mass is 16.4. The highest BCUT2D eigenvalue weighted by molar-refractivity contribution is 5.73. The summed E-state index contributed by atoms with van der Waals surface area (Å²) in [7, 11) is 0. The third kappa shape index (κ3) is 1.93. The number of carbonyl (C=O) groups is 1. The number of aliphatic carboxylic acids is 1. The zero-order valence-corrected chi connectivity index (χ0v) is 7.05. The monoisotopic (exact) mass is 157 g/mol. The second-order valence-corrected chi connectivity index (χ2v) is 3.62. The van der Waals surface area contributed by atoms with Crippen molar-refractivity contribution >= 4 is 5.97 Å². The van der Waals surface area contributed by atoms with Crippen LogP contribution < -0.4 is 5.32 Å². The minimum Gasteiger partial charge on any atom is -0.480 e. The normalized spacial score (nSPS) is 23.8. The van der Waals surface area contributed by atoms with Gasteiger partial charge in [0.15, 0.2) is 0 Å². The Morgan fingerprint density at radius 3 is 2.45 bits per heavy atom. The SMILES string of the molecule is CC(NC1(C)CCC1)C(=O)O. The maximum absolute atomic E-state index is 10.5. The van der Waals surface area contributed by atoms with Crippen LogP contribution in [0.15, 0.2) is 0 Å². The molecule has 1 aliphatic carbocycles. The number of carboxylic acid groups (broad SMARTS) is 1. The van der Waals surface area contributed by atoms with Crippen LogP contribution >= 0.6 is 0 Å². The fourth-order valence-electron chi connectivity index (χ4n) is 1.44. The number of hydrogen-bond donors (Lipinski definition) is 2. The van der Waals surface area contributed by atoms with Gasteiger partial charge in [-0.3, -0.25) is 10.1 Å². The van der Waals surface area contributed by atoms with E-state index in [0.29, 0.717) is 0 Å². The summed E-state index contributed by atoms with van der Waals surface area (Å²) in [6.45, 7) is 3.77. The van der Waals surface area contributed by atoms with Crippen molar-refractivity contribution in [3.05, 3.63) is 0 Å². The number of hydrogen-bond acceptors (Lipinski definition) is 2. The second-order valence-electron chi connectivity index (χ2n) is 3.62. The highest BCUT2D eigenvalue weighted by Gasteiger charge is 2.33. The Kier molecular flexibility index (Phi) is 2.18. The van der Waals surface area contributed by atoms with Crippen LogP contribution in [0, 0.1) is 0 Å². The predicted molar refractivity (Wildman–Crippen MR) is 42.5 cm³/mol. The molecule has 1 aliphatic rings. The van der Waals surface area contributed by atoms with Gasteiger partial charge in [0.05, 0.1) is 0 Å². The Labute approximate surface area is 66.8 Å². The molecule has 3 heteroatoms. The first kappa shape index (κ1) is 8.53. The standard InChI is InChI=1S/C8H15NO2/c1-6(7(10)11)9-8(2)4-3-5-8/h6,9H,3-5H2,1-2H3,(H,10,11). The van der Waals surface area contributed by atoms with Gasteiger partial charge < -0.3 is 5.11 Å². The van der Waals surface area contributed by atoms with Crippen LogP contribution in [-0.4, -0.2) is 22.7 Å². The largest absolute Gasteiger partial charge is 0.480 e. The molecule has 3 nitrogen and oxygen atoms in total. The van der Waals surface area contributed by atoms with Crippen LogP contribution in [-0.2, 0) is 4.79 Å². The minimum absolute atomic E-state index is 0.0950. The lowest BCUT2D eigenvalue weighted by Crippen LogP contribution is -2.54. The Morgan fingerprint density at radius 1 is 1.64 bits per heavy atom. The van der Waals surface area contributed by atoms with Crippen molar-refractivity contribution in [2.24, 2.45) is 0 Å². The van der Waals surface area contributed by atoms with Crippen LogP contribution in [0.3, 0.4) is 0 Å². The summed E-state index contributed by atoms with van der Waals surface area (Å²) < 4.78 is 0. The predicted octanol–water partition coefficient (Wildman–Crippen LogP) is 0.992. The summed E-state index contributed by atoms with van der Waals surface area (Å²) >= 11 is 0. The minimum atomic E-state index is -0.766. The first-order chi connectivity index (χ1) is 5.03. The summed E-state index contributed by atoms with van der Waals surface area (Å²) in [6, 6.07) is -0.416. The third-order valence-corrected chi connectivity index (χ3v) is 2.39. The summed E-state index contributed by atoms with van der Waals surface area (Å²) in [6.07, 6.45) is 3.42. The van der Waals surface area contributed by atoms with Crippen molar-refractivity contribution in [3.8, 4) is 0 Å². The smallest absolute Gasteiger partial charge is 0.320 e. The summed E-state index contributed by atoms with van der Waals surface area (Å²) in [5, 5.41) is 11.7. The summed E-state index contributed by atoms with van der Waals surface area (Å²) in [4.78, 5) is 10.5. The Balaban J connectivity index is 2.35. The molecule has 0 aromatic rings. The maximum atomic E-state index is 10.5. The van der Waals surface area contributed by atoms with Gasteiger partial charge in [0.1, 0.15) is 6.04 Å². The quantitative estimate of drug-likeness (QED) is 0.642. The van der Waals surface area contributed by atoms with Gasteiger partial charge in [-0.25, -0.2) is 0 Å². The van der Waals surface area contributed by atoms with Gasteiger partial charge in [0.25, 0.3) is 0 Å². The lowest BCUT2D eigenvalue weighted by atomic mass is 9.78. The molecule has 0 bridgehead atoms. The van der Waals surface area contributed by atoms with E-state index in [1.165, 1.54) is 6.42 Å². The molecular weight excluding hydrogens is 142 g/mol. The van der Waals surface area contributed by atoms with Crippen molar-refractivity contribution < 1.29 is 9.90 Å². The Hall–Kier alpha value is -0.570. The number of rotatable bonds is 3. The number of carboxylic acids is 1. The van der Waals surface area contributed by atoms with Gasteiger partial charge in [0.2, 0.25) is 0 Å². The summed E-state index contributed by atoms with van der Waals surface area (Å²) in [5.74, 6) is -0.766. The second kappa shape index (κ2) is 2.81. The molecule has 0 aromatic carbocycles. The first-order valence-corrected chi connectivity index (χ1v) is 4.04. The zero-order chi connectivity index (χ0) is 8.48. The van der Waals surface area contributed by atoms with Gasteiger partial charge in [-0.2, -0.15) is 0 Å². The molecule has 0 saturated heterocycles. The van der Waals surface area contributed by atoms with Crippen LogP contribution in [0.5, 0.6) is 0 Å². The highest BCUT2D eigenvalue weighted by Crippen LogP contribution is 2.31. The third-order valence-electron chi connectivity index (χ3n) is 2.39. The zero-order valence-electron chi connectivity index (χ0n) is 7.05. The van der Waals surface area contributed by atoms with Crippen molar-refractivity contribution in [3.63, 3.8) is 0 Å². The first-order valence-electron chi connectivity index (χ1n) is 4.04. The molecule has 1 unspecified atom stereocenters. The molecule has 64 valence electrons. The lowest BCUT2D eigenvalue weighted by molar-refractivity contribution is -0.139. The van der Waals surface area contributed by atoms with Crippen LogP contribution in [0.25, 0.3) is 0 Å². The van der Waals surface area contributed by atoms with Crippen molar-refractivity contribution in [2.45, 2.75) is 44.7 Å². The molecule has 0 spiro atoms. The fraction of sp³-hybridized carbons (Fsp3) is 0.875. The molecule has 1 rings (SSSR count). The van der Waals surface area contributed by atoms with Crippen molar-refractivity contribution in [2.75, 3.05) is 0 Å². The topological polar surface area (TPSA) is 49.3 Å². The fourth-order valence-corrected chi connectivity index (χ4v) is 1.44. The molecule has 1 saturated carbocycles. The van der Waals surface area contributed by atoms with Gasteiger partial charge >= 0.3 is 5.97 Å². The van der Waals surface area contributed by atoms with E-state index in [4.69, 9.17) is 5.11 Å². The maximum Gasteiger partial charge on any atom is 0.320 e. The molecule has 0 radical (unpaired) electrons. The Bertz CT molecular complexity index is 163. The summed E-state index contributed by atoms with van der Waals surface area (Å²) in [5.41, 5.74) is 0.0950. The molecular formula is C8H15NO2. The Morgan fingerprint density at radius 2 is 2.18 bits per heavy atom. The molecule has 0 aromatic heterocycles. The molecule has 2 N–H and O–H groups in total. The van der Waals surface area contributed by atoms with Crippen LogP contribution in [0.4, 0.5) is 0 Å². The van der Waals surface area contributed by atoms with E-state index in [1.807, 2.05) is 0 Å². The van der Waals surface area contributed by atoms with Gasteiger partial charge in [-0.1, -0.05) is 0 Å². The van der Waals surface area contributed by atoms with Crippen molar-refractivity contribution in [1.29, 1.82) is 0 Å². The molecule has 1 fully saturated rings. The average molecular weight is 157 g/mol. The lowest BCUT2D eigenvalue weighted by Gasteiger charge is -2.40. The van der Waals surface area contributed by atoms with Crippen LogP contribution in [0.2, 0.25) is 0 Å². The van der Waals surface area contributed by atoms with Gasteiger partial charge in [-0.05, 0) is 33.1 Å². The van der Waals surface area contributed by atoms with Crippen LogP contribution in [0.1, 0.15) is 33.1 Å². The van der Waals surface area contributed by atoms with E-state index in [9.17, 15) is 4.79 Å². The van der Waals surface area contributed by atoms with E-state index in [1.54, 1.807) is 6.92 Å². The molecule has 0 aliphatic heterocycles. The van der Waals surface area contributed by atoms with E-state index < -0.39 is 12.0 Å². The van der Waals surface area contributed by atoms with E-state index in [2.05, 4.69) is 12.2 Å². The molecule has 0 amide bonds. The molecule has 1 atom stereocenters. The van der Waals surface area contributed by atoms with Gasteiger partial charge in [-0.15, -0.1) is 0 Å². The van der Waals surface area contributed by atoms with E-state index >= 15 is 0 Å². The van der Waals surface area contributed by atoms with Crippen molar-refractivity contribution in [1.82, 2.24) is 5.32 Å². The number of nitrogens with one attached hydrogen (secondary N) is 1.